The van der Waals surface area contributed by atoms with Crippen molar-refractivity contribution in [1.29, 1.82) is 0 Å². The van der Waals surface area contributed by atoms with E-state index in [9.17, 15) is 0 Å². The summed E-state index contributed by atoms with van der Waals surface area (Å²) in [6.45, 7) is 4.11. The van der Waals surface area contributed by atoms with Crippen LogP contribution in [0, 0.1) is 6.92 Å². The molecule has 0 aliphatic heterocycles. The number of nitrogens with two attached hydrogens (primary N) is 1. The van der Waals surface area contributed by atoms with Gasteiger partial charge in [0.1, 0.15) is 22.9 Å². The average molecular weight is 270 g/mol. The number of imidazole rings is 1. The predicted octanol–water partition coefficient (Wildman–Crippen LogP) is 2.73. The van der Waals surface area contributed by atoms with E-state index in [1.165, 1.54) is 0 Å². The number of hydrogen-bond acceptors (Lipinski definition) is 4. The smallest absolute Gasteiger partial charge is 0.150 e. The number of aryl methyl sites for hydroxylation is 2. The molecular formula is C15H18N4O. The molecule has 0 radical (unpaired) electrons. The van der Waals surface area contributed by atoms with E-state index < -0.39 is 0 Å². The van der Waals surface area contributed by atoms with Gasteiger partial charge in [0, 0.05) is 12.5 Å². The van der Waals surface area contributed by atoms with Gasteiger partial charge in [-0.3, -0.25) is 4.40 Å². The van der Waals surface area contributed by atoms with Crippen LogP contribution in [0.25, 0.3) is 16.6 Å². The first-order valence-corrected chi connectivity index (χ1v) is 6.76. The highest BCUT2D eigenvalue weighted by molar-refractivity contribution is 5.86. The van der Waals surface area contributed by atoms with Crippen LogP contribution in [0.2, 0.25) is 0 Å². The molecule has 2 aromatic heterocycles. The molecule has 0 saturated carbocycles. The maximum Gasteiger partial charge on any atom is 0.150 e. The minimum atomic E-state index is 0.523. The molecule has 0 atom stereocenters. The van der Waals surface area contributed by atoms with Crippen molar-refractivity contribution in [3.63, 3.8) is 0 Å². The van der Waals surface area contributed by atoms with Crippen LogP contribution >= 0.6 is 0 Å². The van der Waals surface area contributed by atoms with Crippen molar-refractivity contribution in [2.45, 2.75) is 26.7 Å². The van der Waals surface area contributed by atoms with Gasteiger partial charge in [-0.05, 0) is 25.5 Å². The number of fused-ring (bicyclic) bond motifs is 3. The summed E-state index contributed by atoms with van der Waals surface area (Å²) in [5.74, 6) is 2.35. The second kappa shape index (κ2) is 4.67. The lowest BCUT2D eigenvalue weighted by molar-refractivity contribution is 0.415. The van der Waals surface area contributed by atoms with Crippen molar-refractivity contribution < 1.29 is 4.74 Å². The Balaban J connectivity index is 2.47. The lowest BCUT2D eigenvalue weighted by Crippen LogP contribution is -2.02. The van der Waals surface area contributed by atoms with Crippen LogP contribution in [0.4, 0.5) is 5.82 Å². The third-order valence-electron chi connectivity index (χ3n) is 3.50. The molecule has 20 heavy (non-hydrogen) atoms. The molecule has 0 fully saturated rings. The van der Waals surface area contributed by atoms with Crippen LogP contribution in [-0.2, 0) is 6.42 Å². The van der Waals surface area contributed by atoms with Crippen LogP contribution in [-0.4, -0.2) is 21.5 Å². The van der Waals surface area contributed by atoms with Gasteiger partial charge in [0.2, 0.25) is 0 Å². The van der Waals surface area contributed by atoms with Crippen LogP contribution in [0.5, 0.6) is 5.75 Å². The molecule has 0 spiro atoms. The molecule has 0 saturated heterocycles. The van der Waals surface area contributed by atoms with E-state index >= 15 is 0 Å². The van der Waals surface area contributed by atoms with Crippen molar-refractivity contribution in [3.05, 3.63) is 29.7 Å². The molecule has 3 aromatic rings. The quantitative estimate of drug-likeness (QED) is 0.794. The van der Waals surface area contributed by atoms with E-state index in [1.54, 1.807) is 7.11 Å². The second-order valence-corrected chi connectivity index (χ2v) is 4.90. The maximum absolute atomic E-state index is 6.10. The van der Waals surface area contributed by atoms with Crippen LogP contribution in [0.3, 0.4) is 0 Å². The number of aromatic nitrogens is 3. The van der Waals surface area contributed by atoms with Gasteiger partial charge in [0.15, 0.2) is 0 Å². The van der Waals surface area contributed by atoms with Crippen molar-refractivity contribution in [2.24, 2.45) is 0 Å². The SMILES string of the molecule is CCCc1nc(C)c2c(N)nc3ccc(OC)cc3n12. The summed E-state index contributed by atoms with van der Waals surface area (Å²) < 4.78 is 7.43. The minimum absolute atomic E-state index is 0.523. The molecule has 3 rings (SSSR count). The molecule has 2 heterocycles. The first-order chi connectivity index (χ1) is 9.65. The van der Waals surface area contributed by atoms with Crippen LogP contribution < -0.4 is 10.5 Å². The van der Waals surface area contributed by atoms with Gasteiger partial charge in [0.25, 0.3) is 0 Å². The summed E-state index contributed by atoms with van der Waals surface area (Å²) in [5, 5.41) is 0. The Morgan fingerprint density at radius 1 is 1.30 bits per heavy atom. The summed E-state index contributed by atoms with van der Waals surface area (Å²) in [7, 11) is 1.66. The van der Waals surface area contributed by atoms with Gasteiger partial charge in [-0.2, -0.15) is 0 Å². The fourth-order valence-corrected chi connectivity index (χ4v) is 2.62. The Bertz CT molecular complexity index is 792. The number of ether oxygens (including phenoxy) is 1. The number of benzene rings is 1. The molecule has 104 valence electrons. The highest BCUT2D eigenvalue weighted by atomic mass is 16.5. The van der Waals surface area contributed by atoms with Gasteiger partial charge >= 0.3 is 0 Å². The molecule has 5 nitrogen and oxygen atoms in total. The van der Waals surface area contributed by atoms with E-state index in [0.29, 0.717) is 5.82 Å². The van der Waals surface area contributed by atoms with E-state index in [-0.39, 0.29) is 0 Å². The molecule has 0 bridgehead atoms. The van der Waals surface area contributed by atoms with Gasteiger partial charge in [0.05, 0.1) is 23.8 Å². The van der Waals surface area contributed by atoms with E-state index in [0.717, 1.165) is 46.7 Å². The summed E-state index contributed by atoms with van der Waals surface area (Å²) in [6.07, 6.45) is 1.94. The van der Waals surface area contributed by atoms with Crippen LogP contribution in [0.15, 0.2) is 18.2 Å². The first-order valence-electron chi connectivity index (χ1n) is 6.76. The molecule has 1 aromatic carbocycles. The van der Waals surface area contributed by atoms with Gasteiger partial charge < -0.3 is 10.5 Å². The minimum Gasteiger partial charge on any atom is -0.497 e. The topological polar surface area (TPSA) is 65.4 Å². The third-order valence-corrected chi connectivity index (χ3v) is 3.50. The number of rotatable bonds is 3. The molecule has 2 N–H and O–H groups in total. The zero-order chi connectivity index (χ0) is 14.3. The Labute approximate surface area is 117 Å². The van der Waals surface area contributed by atoms with Gasteiger partial charge in [-0.1, -0.05) is 6.92 Å². The van der Waals surface area contributed by atoms with Crippen molar-refractivity contribution in [2.75, 3.05) is 12.8 Å². The van der Waals surface area contributed by atoms with Crippen molar-refractivity contribution >= 4 is 22.4 Å². The Hall–Kier alpha value is -2.30. The fraction of sp³-hybridized carbons (Fsp3) is 0.333. The van der Waals surface area contributed by atoms with Crippen molar-refractivity contribution in [1.82, 2.24) is 14.4 Å². The second-order valence-electron chi connectivity index (χ2n) is 4.90. The summed E-state index contributed by atoms with van der Waals surface area (Å²) >= 11 is 0. The maximum atomic E-state index is 6.10. The Morgan fingerprint density at radius 2 is 2.10 bits per heavy atom. The normalized spacial score (nSPS) is 11.3. The van der Waals surface area contributed by atoms with Gasteiger partial charge in [-0.25, -0.2) is 9.97 Å². The third kappa shape index (κ3) is 1.78. The highest BCUT2D eigenvalue weighted by Gasteiger charge is 2.15. The fourth-order valence-electron chi connectivity index (χ4n) is 2.62. The lowest BCUT2D eigenvalue weighted by atomic mass is 10.2. The Morgan fingerprint density at radius 3 is 2.80 bits per heavy atom. The van der Waals surface area contributed by atoms with Gasteiger partial charge in [-0.15, -0.1) is 0 Å². The largest absolute Gasteiger partial charge is 0.497 e. The van der Waals surface area contributed by atoms with E-state index in [2.05, 4.69) is 21.3 Å². The van der Waals surface area contributed by atoms with E-state index in [1.807, 2.05) is 25.1 Å². The monoisotopic (exact) mass is 270 g/mol. The number of nitrogens with zero attached hydrogens (tertiary/aromatic N) is 3. The average Bonchev–Trinajstić information content (AvgIpc) is 2.77. The standard InChI is InChI=1S/C15H18N4O/c1-4-5-13-17-9(2)14-15(16)18-11-7-6-10(20-3)8-12(11)19(13)14/h6-8H,4-5H2,1-3H3,(H2,16,18). The molecule has 5 heteroatoms. The van der Waals surface area contributed by atoms with Crippen LogP contribution in [0.1, 0.15) is 24.9 Å². The zero-order valence-electron chi connectivity index (χ0n) is 12.0. The molecular weight excluding hydrogens is 252 g/mol. The Kier molecular flexibility index (Phi) is 2.97. The lowest BCUT2D eigenvalue weighted by Gasteiger charge is -2.09. The number of anilines is 1. The molecule has 0 aliphatic carbocycles. The number of methoxy groups -OCH3 is 1. The summed E-state index contributed by atoms with van der Waals surface area (Å²) in [6, 6.07) is 5.80. The highest BCUT2D eigenvalue weighted by Crippen LogP contribution is 2.27. The summed E-state index contributed by atoms with van der Waals surface area (Å²) in [4.78, 5) is 9.12. The number of hydrogen-bond donors (Lipinski definition) is 1. The first kappa shape index (κ1) is 12.7. The molecule has 0 aliphatic rings. The predicted molar refractivity (Wildman–Crippen MR) is 80.2 cm³/mol. The molecule has 0 unspecified atom stereocenters. The summed E-state index contributed by atoms with van der Waals surface area (Å²) in [5.41, 5.74) is 9.75. The van der Waals surface area contributed by atoms with E-state index in [4.69, 9.17) is 10.5 Å². The van der Waals surface area contributed by atoms with Crippen molar-refractivity contribution in [3.8, 4) is 5.75 Å². The molecule has 0 amide bonds. The number of nitrogen functional groups attached to an aromatic ring is 1. The zero-order valence-corrected chi connectivity index (χ0v) is 12.0.